The van der Waals surface area contributed by atoms with Gasteiger partial charge in [-0.25, -0.2) is 0 Å². The van der Waals surface area contributed by atoms with Gasteiger partial charge in [0, 0.05) is 0 Å². The van der Waals surface area contributed by atoms with Gasteiger partial charge < -0.3 is 4.43 Å². The standard InChI is InChI=1S/C13H26OSi/c1-5-11-8-6-7-9-13(10-12(11)13)14-15(2,3)4/h11-12H,5-10H2,1-4H3. The van der Waals surface area contributed by atoms with Gasteiger partial charge in [-0.2, -0.15) is 0 Å². The van der Waals surface area contributed by atoms with Crippen molar-refractivity contribution in [3.63, 3.8) is 0 Å². The molecule has 2 fully saturated rings. The summed E-state index contributed by atoms with van der Waals surface area (Å²) in [6.07, 6.45) is 8.37. The van der Waals surface area contributed by atoms with Gasteiger partial charge in [0.2, 0.25) is 0 Å². The second kappa shape index (κ2) is 3.88. The molecule has 2 rings (SSSR count). The van der Waals surface area contributed by atoms with E-state index in [1.54, 1.807) is 0 Å². The summed E-state index contributed by atoms with van der Waals surface area (Å²) in [5.74, 6) is 1.88. The average Bonchev–Trinajstić information content (AvgIpc) is 2.76. The Morgan fingerprint density at radius 2 is 2.00 bits per heavy atom. The fraction of sp³-hybridized carbons (Fsp3) is 1.00. The highest BCUT2D eigenvalue weighted by atomic mass is 28.4. The lowest BCUT2D eigenvalue weighted by atomic mass is 9.95. The summed E-state index contributed by atoms with van der Waals surface area (Å²) in [5.41, 5.74) is 0.349. The van der Waals surface area contributed by atoms with Crippen LogP contribution < -0.4 is 0 Å². The van der Waals surface area contributed by atoms with E-state index in [9.17, 15) is 0 Å². The number of rotatable bonds is 3. The van der Waals surface area contributed by atoms with Gasteiger partial charge in [0.15, 0.2) is 8.32 Å². The highest BCUT2D eigenvalue weighted by Gasteiger charge is 2.59. The van der Waals surface area contributed by atoms with Crippen LogP contribution in [0.3, 0.4) is 0 Å². The van der Waals surface area contributed by atoms with Crippen LogP contribution in [-0.2, 0) is 4.43 Å². The van der Waals surface area contributed by atoms with Gasteiger partial charge in [0.25, 0.3) is 0 Å². The van der Waals surface area contributed by atoms with Crippen molar-refractivity contribution < 1.29 is 4.43 Å². The van der Waals surface area contributed by atoms with Crippen LogP contribution >= 0.6 is 0 Å². The summed E-state index contributed by atoms with van der Waals surface area (Å²) in [6.45, 7) is 9.36. The minimum Gasteiger partial charge on any atom is -0.412 e. The van der Waals surface area contributed by atoms with Crippen LogP contribution in [0.5, 0.6) is 0 Å². The molecule has 0 radical (unpaired) electrons. The lowest BCUT2D eigenvalue weighted by molar-refractivity contribution is 0.132. The summed E-state index contributed by atoms with van der Waals surface area (Å²) in [4.78, 5) is 0. The van der Waals surface area contributed by atoms with Crippen LogP contribution in [0.15, 0.2) is 0 Å². The Balaban J connectivity index is 2.04. The molecular weight excluding hydrogens is 200 g/mol. The van der Waals surface area contributed by atoms with Gasteiger partial charge in [-0.05, 0) is 44.3 Å². The lowest BCUT2D eigenvalue weighted by Gasteiger charge is -2.28. The fourth-order valence-electron chi connectivity index (χ4n) is 3.50. The molecule has 0 aromatic carbocycles. The van der Waals surface area contributed by atoms with Crippen LogP contribution in [-0.4, -0.2) is 13.9 Å². The molecule has 0 saturated heterocycles. The van der Waals surface area contributed by atoms with E-state index in [4.69, 9.17) is 4.43 Å². The Labute approximate surface area is 95.7 Å². The van der Waals surface area contributed by atoms with Crippen molar-refractivity contribution in [2.45, 2.75) is 70.7 Å². The van der Waals surface area contributed by atoms with Crippen LogP contribution in [0.25, 0.3) is 0 Å². The van der Waals surface area contributed by atoms with E-state index >= 15 is 0 Å². The maximum Gasteiger partial charge on any atom is 0.184 e. The summed E-state index contributed by atoms with van der Waals surface area (Å²) in [7, 11) is -1.34. The quantitative estimate of drug-likeness (QED) is 0.655. The highest BCUT2D eigenvalue weighted by Crippen LogP contribution is 2.59. The first kappa shape index (κ1) is 11.7. The minimum atomic E-state index is -1.34. The Morgan fingerprint density at radius 3 is 2.60 bits per heavy atom. The average molecular weight is 226 g/mol. The second-order valence-electron chi connectivity index (χ2n) is 6.50. The SMILES string of the molecule is CCC1CCCCC2(O[Si](C)(C)C)CC12. The van der Waals surface area contributed by atoms with Crippen molar-refractivity contribution in [2.24, 2.45) is 11.8 Å². The van der Waals surface area contributed by atoms with Crippen molar-refractivity contribution in [1.29, 1.82) is 0 Å². The van der Waals surface area contributed by atoms with E-state index in [0.29, 0.717) is 5.60 Å². The van der Waals surface area contributed by atoms with Gasteiger partial charge in [-0.1, -0.05) is 32.6 Å². The first-order valence-corrected chi connectivity index (χ1v) is 10.1. The highest BCUT2D eigenvalue weighted by molar-refractivity contribution is 6.69. The molecule has 1 nitrogen and oxygen atoms in total. The fourth-order valence-corrected chi connectivity index (χ4v) is 5.05. The third kappa shape index (κ3) is 2.47. The van der Waals surface area contributed by atoms with E-state index in [1.807, 2.05) is 0 Å². The zero-order valence-corrected chi connectivity index (χ0v) is 11.8. The molecule has 0 amide bonds. The molecule has 0 aliphatic heterocycles. The Hall–Kier alpha value is 0.177. The molecule has 0 N–H and O–H groups in total. The van der Waals surface area contributed by atoms with E-state index in [0.717, 1.165) is 11.8 Å². The van der Waals surface area contributed by atoms with Crippen LogP contribution in [0.1, 0.15) is 45.4 Å². The molecule has 2 aliphatic rings. The molecule has 3 unspecified atom stereocenters. The normalized spacial score (nSPS) is 40.8. The van der Waals surface area contributed by atoms with Gasteiger partial charge in [0.1, 0.15) is 0 Å². The molecule has 3 atom stereocenters. The Kier molecular flexibility index (Phi) is 3.02. The largest absolute Gasteiger partial charge is 0.412 e. The van der Waals surface area contributed by atoms with Crippen molar-refractivity contribution >= 4 is 8.32 Å². The zero-order valence-electron chi connectivity index (χ0n) is 10.8. The molecule has 88 valence electrons. The topological polar surface area (TPSA) is 9.23 Å². The van der Waals surface area contributed by atoms with Crippen LogP contribution in [0.2, 0.25) is 19.6 Å². The molecule has 2 saturated carbocycles. The number of fused-ring (bicyclic) bond motifs is 1. The maximum atomic E-state index is 6.49. The molecule has 0 aromatic rings. The van der Waals surface area contributed by atoms with Gasteiger partial charge in [-0.3, -0.25) is 0 Å². The molecular formula is C13H26OSi. The van der Waals surface area contributed by atoms with E-state index < -0.39 is 8.32 Å². The predicted molar refractivity (Wildman–Crippen MR) is 67.5 cm³/mol. The summed E-state index contributed by atoms with van der Waals surface area (Å²) < 4.78 is 6.49. The smallest absolute Gasteiger partial charge is 0.184 e. The van der Waals surface area contributed by atoms with Crippen molar-refractivity contribution in [1.82, 2.24) is 0 Å². The summed E-state index contributed by atoms with van der Waals surface area (Å²) in [5, 5.41) is 0. The first-order valence-electron chi connectivity index (χ1n) is 6.67. The maximum absolute atomic E-state index is 6.49. The van der Waals surface area contributed by atoms with Crippen LogP contribution in [0, 0.1) is 11.8 Å². The summed E-state index contributed by atoms with van der Waals surface area (Å²) >= 11 is 0. The van der Waals surface area contributed by atoms with Crippen LogP contribution in [0.4, 0.5) is 0 Å². The van der Waals surface area contributed by atoms with Crippen molar-refractivity contribution in [3.8, 4) is 0 Å². The third-order valence-electron chi connectivity index (χ3n) is 4.11. The predicted octanol–water partition coefficient (Wildman–Crippen LogP) is 4.20. The number of hydrogen-bond donors (Lipinski definition) is 0. The van der Waals surface area contributed by atoms with Crippen molar-refractivity contribution in [2.75, 3.05) is 0 Å². The molecule has 0 aromatic heterocycles. The molecule has 15 heavy (non-hydrogen) atoms. The molecule has 2 heteroatoms. The van der Waals surface area contributed by atoms with Gasteiger partial charge in [-0.15, -0.1) is 0 Å². The monoisotopic (exact) mass is 226 g/mol. The summed E-state index contributed by atoms with van der Waals surface area (Å²) in [6, 6.07) is 0. The first-order chi connectivity index (χ1) is 6.97. The van der Waals surface area contributed by atoms with Crippen molar-refractivity contribution in [3.05, 3.63) is 0 Å². The zero-order chi connectivity index (χ0) is 11.1. The molecule has 0 heterocycles. The Bertz CT molecular complexity index is 233. The second-order valence-corrected chi connectivity index (χ2v) is 10.9. The van der Waals surface area contributed by atoms with Gasteiger partial charge in [0.05, 0.1) is 5.60 Å². The third-order valence-corrected chi connectivity index (χ3v) is 5.13. The van der Waals surface area contributed by atoms with E-state index in [2.05, 4.69) is 26.6 Å². The molecule has 0 bridgehead atoms. The van der Waals surface area contributed by atoms with E-state index in [1.165, 1.54) is 38.5 Å². The Morgan fingerprint density at radius 1 is 1.27 bits per heavy atom. The number of hydrogen-bond acceptors (Lipinski definition) is 1. The molecule has 2 aliphatic carbocycles. The van der Waals surface area contributed by atoms with E-state index in [-0.39, 0.29) is 0 Å². The molecule has 0 spiro atoms. The van der Waals surface area contributed by atoms with Gasteiger partial charge >= 0.3 is 0 Å². The lowest BCUT2D eigenvalue weighted by Crippen LogP contribution is -2.35. The minimum absolute atomic E-state index is 0.349.